The lowest BCUT2D eigenvalue weighted by molar-refractivity contribution is -0.138. The summed E-state index contributed by atoms with van der Waals surface area (Å²) in [6, 6.07) is 3.51. The highest BCUT2D eigenvalue weighted by Crippen LogP contribution is 2.24. The molecule has 2 N–H and O–H groups in total. The van der Waals surface area contributed by atoms with Gasteiger partial charge in [0.1, 0.15) is 11.8 Å². The van der Waals surface area contributed by atoms with E-state index >= 15 is 0 Å². The number of carbonyl (C=O) groups is 2. The van der Waals surface area contributed by atoms with Gasteiger partial charge in [-0.2, -0.15) is 0 Å². The van der Waals surface area contributed by atoms with E-state index in [9.17, 15) is 9.59 Å². The third kappa shape index (κ3) is 3.35. The predicted molar refractivity (Wildman–Crippen MR) is 62.6 cm³/mol. The minimum atomic E-state index is -1.10. The van der Waals surface area contributed by atoms with Crippen molar-refractivity contribution in [2.45, 2.75) is 13.0 Å². The molecule has 0 aliphatic heterocycles. The van der Waals surface area contributed by atoms with E-state index in [-0.39, 0.29) is 0 Å². The Morgan fingerprint density at radius 1 is 1.47 bits per heavy atom. The largest absolute Gasteiger partial charge is 0.495 e. The first kappa shape index (κ1) is 13.3. The Hall–Kier alpha value is -1.75. The second kappa shape index (κ2) is 5.54. The van der Waals surface area contributed by atoms with Gasteiger partial charge in [0.25, 0.3) is 5.91 Å². The molecule has 0 aliphatic rings. The first-order valence-corrected chi connectivity index (χ1v) is 5.20. The molecule has 0 saturated carbocycles. The number of nitrogens with one attached hydrogen (secondary N) is 1. The van der Waals surface area contributed by atoms with Crippen molar-refractivity contribution in [2.75, 3.05) is 7.11 Å². The van der Waals surface area contributed by atoms with Crippen LogP contribution in [0.3, 0.4) is 0 Å². The van der Waals surface area contributed by atoms with Crippen LogP contribution >= 0.6 is 11.6 Å². The van der Waals surface area contributed by atoms with Crippen molar-refractivity contribution in [1.82, 2.24) is 5.32 Å². The molecule has 0 aromatic heterocycles. The average molecular weight is 258 g/mol. The van der Waals surface area contributed by atoms with Gasteiger partial charge in [-0.15, -0.1) is 0 Å². The molecular formula is C11H12ClNO4. The van der Waals surface area contributed by atoms with Crippen molar-refractivity contribution in [3.8, 4) is 5.75 Å². The molecule has 1 rings (SSSR count). The van der Waals surface area contributed by atoms with Crippen molar-refractivity contribution >= 4 is 23.5 Å². The minimum Gasteiger partial charge on any atom is -0.495 e. The number of halogens is 1. The summed E-state index contributed by atoms with van der Waals surface area (Å²) >= 11 is 5.81. The summed E-state index contributed by atoms with van der Waals surface area (Å²) < 4.78 is 4.96. The fourth-order valence-corrected chi connectivity index (χ4v) is 1.34. The van der Waals surface area contributed by atoms with E-state index in [1.807, 2.05) is 0 Å². The quantitative estimate of drug-likeness (QED) is 0.858. The summed E-state index contributed by atoms with van der Waals surface area (Å²) in [6.45, 7) is 1.38. The highest BCUT2D eigenvalue weighted by Gasteiger charge is 2.16. The zero-order chi connectivity index (χ0) is 13.0. The van der Waals surface area contributed by atoms with Gasteiger partial charge in [0.05, 0.1) is 12.1 Å². The van der Waals surface area contributed by atoms with Crippen molar-refractivity contribution in [1.29, 1.82) is 0 Å². The maximum atomic E-state index is 11.7. The summed E-state index contributed by atoms with van der Waals surface area (Å²) in [5, 5.41) is 11.4. The van der Waals surface area contributed by atoms with Crippen LogP contribution in [0.15, 0.2) is 18.2 Å². The van der Waals surface area contributed by atoms with Gasteiger partial charge in [-0.3, -0.25) is 9.59 Å². The highest BCUT2D eigenvalue weighted by atomic mass is 35.5. The zero-order valence-electron chi connectivity index (χ0n) is 9.36. The highest BCUT2D eigenvalue weighted by molar-refractivity contribution is 6.32. The van der Waals surface area contributed by atoms with Crippen LogP contribution in [0.2, 0.25) is 5.02 Å². The van der Waals surface area contributed by atoms with Gasteiger partial charge in [0.2, 0.25) is 0 Å². The molecular weight excluding hydrogens is 246 g/mol. The Labute approximate surface area is 103 Å². The van der Waals surface area contributed by atoms with Gasteiger partial charge in [-0.05, 0) is 25.1 Å². The van der Waals surface area contributed by atoms with Crippen LogP contribution in [0, 0.1) is 0 Å². The molecule has 5 nitrogen and oxygen atoms in total. The minimum absolute atomic E-state index is 0.291. The van der Waals surface area contributed by atoms with Gasteiger partial charge in [0.15, 0.2) is 0 Å². The van der Waals surface area contributed by atoms with Crippen LogP contribution in [0.25, 0.3) is 0 Å². The van der Waals surface area contributed by atoms with E-state index in [0.29, 0.717) is 16.3 Å². The molecule has 0 saturated heterocycles. The molecule has 1 aromatic carbocycles. The first-order valence-electron chi connectivity index (χ1n) is 4.83. The van der Waals surface area contributed by atoms with Gasteiger partial charge in [-0.25, -0.2) is 0 Å². The monoisotopic (exact) mass is 257 g/mol. The van der Waals surface area contributed by atoms with E-state index in [1.165, 1.54) is 32.2 Å². The molecule has 0 aliphatic carbocycles. The Balaban J connectivity index is 2.86. The molecule has 6 heteroatoms. The number of carboxylic acid groups (broad SMARTS) is 1. The van der Waals surface area contributed by atoms with Crippen LogP contribution in [0.1, 0.15) is 17.3 Å². The fraction of sp³-hybridized carbons (Fsp3) is 0.273. The number of amides is 1. The topological polar surface area (TPSA) is 75.6 Å². The number of benzene rings is 1. The smallest absolute Gasteiger partial charge is 0.325 e. The molecule has 0 fully saturated rings. The molecule has 92 valence electrons. The average Bonchev–Trinajstić information content (AvgIpc) is 2.29. The second-order valence-electron chi connectivity index (χ2n) is 3.38. The summed E-state index contributed by atoms with van der Waals surface area (Å²) in [4.78, 5) is 22.2. The number of ether oxygens (including phenoxy) is 1. The van der Waals surface area contributed by atoms with E-state index < -0.39 is 17.9 Å². The van der Waals surface area contributed by atoms with Crippen molar-refractivity contribution in [3.63, 3.8) is 0 Å². The Morgan fingerprint density at radius 3 is 2.65 bits per heavy atom. The standard InChI is InChI=1S/C11H12ClNO4/c1-6(11(15)16)13-10(14)7-3-4-8(12)9(5-7)17-2/h3-6H,1-2H3,(H,13,14)(H,15,16)/t6-/m1/s1. The third-order valence-corrected chi connectivity index (χ3v) is 2.44. The van der Waals surface area contributed by atoms with Crippen LogP contribution in [0.5, 0.6) is 5.75 Å². The Kier molecular flexibility index (Phi) is 4.34. The molecule has 0 radical (unpaired) electrons. The van der Waals surface area contributed by atoms with Gasteiger partial charge >= 0.3 is 5.97 Å². The van der Waals surface area contributed by atoms with Crippen LogP contribution in [0.4, 0.5) is 0 Å². The summed E-state index contributed by atoms with van der Waals surface area (Å²) in [7, 11) is 1.43. The number of rotatable bonds is 4. The van der Waals surface area contributed by atoms with Crippen LogP contribution < -0.4 is 10.1 Å². The molecule has 0 spiro atoms. The molecule has 0 heterocycles. The van der Waals surface area contributed by atoms with E-state index in [0.717, 1.165) is 0 Å². The van der Waals surface area contributed by atoms with Gasteiger partial charge in [0, 0.05) is 5.56 Å². The predicted octanol–water partition coefficient (Wildman–Crippen LogP) is 1.55. The number of hydrogen-bond acceptors (Lipinski definition) is 3. The maximum absolute atomic E-state index is 11.7. The maximum Gasteiger partial charge on any atom is 0.325 e. The van der Waals surface area contributed by atoms with E-state index in [4.69, 9.17) is 21.4 Å². The molecule has 0 bridgehead atoms. The molecule has 1 amide bonds. The molecule has 17 heavy (non-hydrogen) atoms. The molecule has 0 unspecified atom stereocenters. The van der Waals surface area contributed by atoms with Crippen molar-refractivity contribution in [2.24, 2.45) is 0 Å². The fourth-order valence-electron chi connectivity index (χ4n) is 1.14. The normalized spacial score (nSPS) is 11.7. The zero-order valence-corrected chi connectivity index (χ0v) is 10.1. The summed E-state index contributed by atoms with van der Waals surface area (Å²) in [5.74, 6) is -1.23. The van der Waals surface area contributed by atoms with Crippen molar-refractivity contribution in [3.05, 3.63) is 28.8 Å². The molecule has 1 atom stereocenters. The Bertz CT molecular complexity index is 447. The van der Waals surface area contributed by atoms with E-state index in [2.05, 4.69) is 5.32 Å². The van der Waals surface area contributed by atoms with Crippen LogP contribution in [-0.2, 0) is 4.79 Å². The van der Waals surface area contributed by atoms with Crippen molar-refractivity contribution < 1.29 is 19.4 Å². The number of hydrogen-bond donors (Lipinski definition) is 2. The first-order chi connectivity index (χ1) is 7.95. The third-order valence-electron chi connectivity index (χ3n) is 2.13. The Morgan fingerprint density at radius 2 is 2.12 bits per heavy atom. The second-order valence-corrected chi connectivity index (χ2v) is 3.79. The number of aliphatic carboxylic acids is 1. The number of methoxy groups -OCH3 is 1. The lowest BCUT2D eigenvalue weighted by Crippen LogP contribution is -2.38. The van der Waals surface area contributed by atoms with Gasteiger partial charge < -0.3 is 15.2 Å². The lowest BCUT2D eigenvalue weighted by atomic mass is 10.2. The summed E-state index contributed by atoms with van der Waals surface area (Å²) in [6.07, 6.45) is 0. The van der Waals surface area contributed by atoms with Gasteiger partial charge in [-0.1, -0.05) is 11.6 Å². The summed E-state index contributed by atoms with van der Waals surface area (Å²) in [5.41, 5.74) is 0.291. The number of carbonyl (C=O) groups excluding carboxylic acids is 1. The lowest BCUT2D eigenvalue weighted by Gasteiger charge is -2.10. The number of carboxylic acids is 1. The molecule has 1 aromatic rings. The van der Waals surface area contributed by atoms with Crippen LogP contribution in [-0.4, -0.2) is 30.1 Å². The van der Waals surface area contributed by atoms with E-state index in [1.54, 1.807) is 0 Å². The SMILES string of the molecule is COc1cc(C(=O)N[C@H](C)C(=O)O)ccc1Cl.